The molecule has 0 saturated heterocycles. The van der Waals surface area contributed by atoms with Gasteiger partial charge in [-0.25, -0.2) is 0 Å². The Morgan fingerprint density at radius 3 is 2.70 bits per heavy atom. The Labute approximate surface area is 132 Å². The molecule has 0 unspecified atom stereocenters. The Hall–Kier alpha value is -3.08. The van der Waals surface area contributed by atoms with Crippen molar-refractivity contribution in [2.45, 2.75) is 6.92 Å². The first-order chi connectivity index (χ1) is 11.0. The number of fused-ring (bicyclic) bond motifs is 1. The van der Waals surface area contributed by atoms with E-state index in [9.17, 15) is 14.7 Å². The lowest BCUT2D eigenvalue weighted by Gasteiger charge is -2.10. The second-order valence-electron chi connectivity index (χ2n) is 5.46. The number of aromatic hydroxyl groups is 1. The van der Waals surface area contributed by atoms with Crippen LogP contribution in [0.25, 0.3) is 10.8 Å². The maximum atomic E-state index is 12.5. The van der Waals surface area contributed by atoms with Gasteiger partial charge in [-0.05, 0) is 36.1 Å². The molecule has 0 saturated carbocycles. The molecule has 0 bridgehead atoms. The quantitative estimate of drug-likeness (QED) is 0.764. The van der Waals surface area contributed by atoms with Gasteiger partial charge in [-0.1, -0.05) is 24.3 Å². The van der Waals surface area contributed by atoms with Crippen LogP contribution in [0.4, 0.5) is 5.69 Å². The highest BCUT2D eigenvalue weighted by molar-refractivity contribution is 6.07. The summed E-state index contributed by atoms with van der Waals surface area (Å²) in [5.74, 6) is -0.400. The maximum Gasteiger partial charge on any atom is 0.274 e. The highest BCUT2D eigenvalue weighted by atomic mass is 16.3. The summed E-state index contributed by atoms with van der Waals surface area (Å²) >= 11 is 0. The molecule has 1 aromatic heterocycles. The topological polar surface area (TPSA) is 71.3 Å². The van der Waals surface area contributed by atoms with E-state index in [0.717, 1.165) is 5.39 Å². The predicted octanol–water partition coefficient (Wildman–Crippen LogP) is 2.80. The summed E-state index contributed by atoms with van der Waals surface area (Å²) in [5, 5.41) is 14.2. The van der Waals surface area contributed by atoms with E-state index in [2.05, 4.69) is 5.32 Å². The Morgan fingerprint density at radius 1 is 1.17 bits per heavy atom. The number of benzene rings is 2. The van der Waals surface area contributed by atoms with E-state index < -0.39 is 5.91 Å². The number of nitrogens with zero attached hydrogens (tertiary/aromatic N) is 1. The van der Waals surface area contributed by atoms with Crippen LogP contribution in [0.5, 0.6) is 5.75 Å². The fourth-order valence-electron chi connectivity index (χ4n) is 2.48. The molecule has 0 spiro atoms. The van der Waals surface area contributed by atoms with Crippen molar-refractivity contribution >= 4 is 22.4 Å². The van der Waals surface area contributed by atoms with Gasteiger partial charge < -0.3 is 15.0 Å². The van der Waals surface area contributed by atoms with Gasteiger partial charge in [0.15, 0.2) is 0 Å². The zero-order chi connectivity index (χ0) is 16.6. The molecular formula is C18H16N2O3. The van der Waals surface area contributed by atoms with Gasteiger partial charge in [-0.2, -0.15) is 0 Å². The standard InChI is InChI=1S/C18H16N2O3/c1-11-7-8-20(2)18(23)16(11)19-17(22)13-9-12-5-3-4-6-14(12)15(21)10-13/h3-10,21H,1-2H3,(H,19,22). The van der Waals surface area contributed by atoms with Gasteiger partial charge in [0.2, 0.25) is 0 Å². The first-order valence-corrected chi connectivity index (χ1v) is 7.16. The van der Waals surface area contributed by atoms with Gasteiger partial charge >= 0.3 is 0 Å². The molecule has 3 rings (SSSR count). The number of phenols is 1. The van der Waals surface area contributed by atoms with Crippen LogP contribution in [0.15, 0.2) is 53.5 Å². The van der Waals surface area contributed by atoms with Gasteiger partial charge in [-0.3, -0.25) is 9.59 Å². The minimum Gasteiger partial charge on any atom is -0.507 e. The van der Waals surface area contributed by atoms with E-state index in [1.807, 2.05) is 18.2 Å². The van der Waals surface area contributed by atoms with E-state index in [1.54, 1.807) is 38.4 Å². The Kier molecular flexibility index (Phi) is 3.62. The van der Waals surface area contributed by atoms with Crippen LogP contribution in [0.3, 0.4) is 0 Å². The first-order valence-electron chi connectivity index (χ1n) is 7.16. The molecule has 3 aromatic rings. The molecule has 5 heteroatoms. The number of aromatic nitrogens is 1. The Balaban J connectivity index is 2.02. The lowest BCUT2D eigenvalue weighted by atomic mass is 10.1. The van der Waals surface area contributed by atoms with Crippen molar-refractivity contribution in [3.63, 3.8) is 0 Å². The highest BCUT2D eigenvalue weighted by Crippen LogP contribution is 2.26. The van der Waals surface area contributed by atoms with E-state index in [0.29, 0.717) is 16.5 Å². The van der Waals surface area contributed by atoms with Crippen LogP contribution in [0.1, 0.15) is 15.9 Å². The van der Waals surface area contributed by atoms with Crippen LogP contribution in [-0.4, -0.2) is 15.6 Å². The lowest BCUT2D eigenvalue weighted by molar-refractivity contribution is 0.102. The fraction of sp³-hybridized carbons (Fsp3) is 0.111. The molecule has 0 radical (unpaired) electrons. The average Bonchev–Trinajstić information content (AvgIpc) is 2.55. The molecule has 0 aliphatic carbocycles. The van der Waals surface area contributed by atoms with Crippen molar-refractivity contribution in [1.82, 2.24) is 4.57 Å². The molecule has 116 valence electrons. The molecule has 1 heterocycles. The average molecular weight is 308 g/mol. The number of rotatable bonds is 2. The molecule has 1 amide bonds. The van der Waals surface area contributed by atoms with Crippen LogP contribution < -0.4 is 10.9 Å². The summed E-state index contributed by atoms with van der Waals surface area (Å²) in [7, 11) is 1.62. The molecule has 2 aromatic carbocycles. The molecule has 23 heavy (non-hydrogen) atoms. The summed E-state index contributed by atoms with van der Waals surface area (Å²) in [6, 6.07) is 12.1. The van der Waals surface area contributed by atoms with Gasteiger partial charge in [0, 0.05) is 24.2 Å². The predicted molar refractivity (Wildman–Crippen MR) is 90.0 cm³/mol. The summed E-state index contributed by atoms with van der Waals surface area (Å²) in [4.78, 5) is 24.6. The first kappa shape index (κ1) is 14.8. The number of phenolic OH excluding ortho intramolecular Hbond substituents is 1. The van der Waals surface area contributed by atoms with E-state index >= 15 is 0 Å². The molecule has 0 aliphatic rings. The molecule has 0 fully saturated rings. The number of hydrogen-bond donors (Lipinski definition) is 2. The summed E-state index contributed by atoms with van der Waals surface area (Å²) in [6.07, 6.45) is 1.65. The Morgan fingerprint density at radius 2 is 1.91 bits per heavy atom. The van der Waals surface area contributed by atoms with E-state index in [4.69, 9.17) is 0 Å². The van der Waals surface area contributed by atoms with Gasteiger partial charge in [0.1, 0.15) is 11.4 Å². The number of anilines is 1. The number of amides is 1. The number of pyridine rings is 1. The molecular weight excluding hydrogens is 292 g/mol. The summed E-state index contributed by atoms with van der Waals surface area (Å²) in [5.41, 5.74) is 0.953. The fourth-order valence-corrected chi connectivity index (χ4v) is 2.48. The van der Waals surface area contributed by atoms with Crippen molar-refractivity contribution in [3.8, 4) is 5.75 Å². The monoisotopic (exact) mass is 308 g/mol. The van der Waals surface area contributed by atoms with Gasteiger partial charge in [0.05, 0.1) is 0 Å². The summed E-state index contributed by atoms with van der Waals surface area (Å²) < 4.78 is 1.40. The normalized spacial score (nSPS) is 10.7. The molecule has 5 nitrogen and oxygen atoms in total. The third-order valence-electron chi connectivity index (χ3n) is 3.82. The maximum absolute atomic E-state index is 12.5. The molecule has 2 N–H and O–H groups in total. The minimum absolute atomic E-state index is 0.0333. The van der Waals surface area contributed by atoms with Crippen LogP contribution in [0.2, 0.25) is 0 Å². The number of hydrogen-bond acceptors (Lipinski definition) is 3. The third kappa shape index (κ3) is 2.68. The zero-order valence-corrected chi connectivity index (χ0v) is 12.8. The Bertz CT molecular complexity index is 974. The van der Waals surface area contributed by atoms with Crippen molar-refractivity contribution in [3.05, 3.63) is 70.1 Å². The van der Waals surface area contributed by atoms with Crippen molar-refractivity contribution in [2.24, 2.45) is 7.05 Å². The number of carbonyl (C=O) groups is 1. The number of aryl methyl sites for hydroxylation is 2. The third-order valence-corrected chi connectivity index (χ3v) is 3.82. The van der Waals surface area contributed by atoms with Crippen LogP contribution >= 0.6 is 0 Å². The van der Waals surface area contributed by atoms with Crippen molar-refractivity contribution < 1.29 is 9.90 Å². The second-order valence-corrected chi connectivity index (χ2v) is 5.46. The van der Waals surface area contributed by atoms with Crippen LogP contribution in [0, 0.1) is 6.92 Å². The summed E-state index contributed by atoms with van der Waals surface area (Å²) in [6.45, 7) is 1.76. The lowest BCUT2D eigenvalue weighted by Crippen LogP contribution is -2.25. The molecule has 0 aliphatic heterocycles. The highest BCUT2D eigenvalue weighted by Gasteiger charge is 2.13. The van der Waals surface area contributed by atoms with Gasteiger partial charge in [0.25, 0.3) is 11.5 Å². The largest absolute Gasteiger partial charge is 0.507 e. The number of nitrogens with one attached hydrogen (secondary N) is 1. The van der Waals surface area contributed by atoms with E-state index in [-0.39, 0.29) is 17.0 Å². The minimum atomic E-state index is -0.433. The molecule has 0 atom stereocenters. The van der Waals surface area contributed by atoms with Crippen LogP contribution in [-0.2, 0) is 7.05 Å². The van der Waals surface area contributed by atoms with Crippen molar-refractivity contribution in [2.75, 3.05) is 5.32 Å². The van der Waals surface area contributed by atoms with Gasteiger partial charge in [-0.15, -0.1) is 0 Å². The second kappa shape index (κ2) is 5.61. The smallest absolute Gasteiger partial charge is 0.274 e. The zero-order valence-electron chi connectivity index (χ0n) is 12.8. The number of carbonyl (C=O) groups excluding carboxylic acids is 1. The SMILES string of the molecule is Cc1ccn(C)c(=O)c1NC(=O)c1cc(O)c2ccccc2c1. The van der Waals surface area contributed by atoms with E-state index in [1.165, 1.54) is 10.6 Å². The van der Waals surface area contributed by atoms with Crippen molar-refractivity contribution in [1.29, 1.82) is 0 Å².